The number of aromatic nitrogens is 3. The topological polar surface area (TPSA) is 263 Å². The minimum absolute atomic E-state index is 0.0526. The number of ether oxygens (including phenoxy) is 3. The fourth-order valence-electron chi connectivity index (χ4n) is 5.47. The van der Waals surface area contributed by atoms with E-state index >= 15 is 0 Å². The molecule has 0 unspecified atom stereocenters. The summed E-state index contributed by atoms with van der Waals surface area (Å²) in [6.45, 7) is 7.68. The van der Waals surface area contributed by atoms with Crippen LogP contribution in [0.1, 0.15) is 54.9 Å². The zero-order valence-electron chi connectivity index (χ0n) is 31.3. The first-order valence-corrected chi connectivity index (χ1v) is 16.8. The molecule has 0 saturated carbocycles. The van der Waals surface area contributed by atoms with E-state index in [0.717, 1.165) is 32.8 Å². The van der Waals surface area contributed by atoms with Gasteiger partial charge in [0, 0.05) is 69.3 Å². The number of methoxy groups -OCH3 is 1. The first-order chi connectivity index (χ1) is 26.1. The largest absolute Gasteiger partial charge is 0.496 e. The third kappa shape index (κ3) is 10.0. The predicted octanol–water partition coefficient (Wildman–Crippen LogP) is 4.80. The van der Waals surface area contributed by atoms with Crippen molar-refractivity contribution in [3.8, 4) is 5.75 Å². The molecule has 0 radical (unpaired) electrons. The lowest BCUT2D eigenvalue weighted by molar-refractivity contribution is -0.155. The number of hydrogen-bond acceptors (Lipinski definition) is 11. The van der Waals surface area contributed by atoms with Gasteiger partial charge in [-0.1, -0.05) is 15.5 Å². The van der Waals surface area contributed by atoms with Crippen LogP contribution in [0, 0.1) is 0 Å². The first kappa shape index (κ1) is 40.6. The Balaban J connectivity index is 0.000000187. The van der Waals surface area contributed by atoms with Crippen LogP contribution >= 0.6 is 0 Å². The Morgan fingerprint density at radius 1 is 0.782 bits per heavy atom. The van der Waals surface area contributed by atoms with Gasteiger partial charge in [0.05, 0.1) is 19.3 Å². The average Bonchev–Trinajstić information content (AvgIpc) is 3.89. The molecule has 0 bridgehead atoms. The van der Waals surface area contributed by atoms with Crippen LogP contribution in [0.2, 0.25) is 0 Å². The number of amidine groups is 3. The van der Waals surface area contributed by atoms with Gasteiger partial charge in [-0.15, -0.1) is 0 Å². The number of nitrogens with two attached hydrogens (primary N) is 3. The van der Waals surface area contributed by atoms with Crippen molar-refractivity contribution in [3.63, 3.8) is 0 Å². The van der Waals surface area contributed by atoms with Crippen molar-refractivity contribution in [2.75, 3.05) is 13.7 Å². The van der Waals surface area contributed by atoms with Crippen LogP contribution in [0.15, 0.2) is 94.6 Å². The van der Waals surface area contributed by atoms with Gasteiger partial charge in [0.25, 0.3) is 0 Å². The van der Waals surface area contributed by atoms with Crippen molar-refractivity contribution < 1.29 is 39.4 Å². The second-order valence-electron chi connectivity index (χ2n) is 13.0. The molecule has 0 aliphatic carbocycles. The van der Waals surface area contributed by atoms with Crippen molar-refractivity contribution >= 4 is 62.2 Å². The number of rotatable bonds is 8. The highest BCUT2D eigenvalue weighted by molar-refractivity contribution is 6.05. The van der Waals surface area contributed by atoms with Crippen molar-refractivity contribution in [1.29, 1.82) is 0 Å². The number of fused-ring (bicyclic) bond motifs is 3. The third-order valence-corrected chi connectivity index (χ3v) is 8.00. The SMILES string of the molecule is CC(C)(C)OC(=O)Cn1ccc2cc(C(N)=NO)ccc21.CCOC(=O)c1cc2cc(C(N)=NO)c(OC)cc2[nH]1.Cn1ccc2cc(C(N)=NO)ccc21. The second kappa shape index (κ2) is 17.6. The van der Waals surface area contributed by atoms with Gasteiger partial charge in [-0.25, -0.2) is 4.79 Å². The molecule has 3 aromatic heterocycles. The molecule has 0 fully saturated rings. The minimum atomic E-state index is -0.501. The molecule has 17 heteroatoms. The summed E-state index contributed by atoms with van der Waals surface area (Å²) in [6, 6.07) is 19.9. The number of aryl methyl sites for hydroxylation is 1. The summed E-state index contributed by atoms with van der Waals surface area (Å²) in [5.41, 5.74) is 21.0. The maximum atomic E-state index is 11.9. The molecule has 55 heavy (non-hydrogen) atoms. The Hall–Kier alpha value is -7.17. The fourth-order valence-corrected chi connectivity index (χ4v) is 5.47. The van der Waals surface area contributed by atoms with Crippen LogP contribution in [0.5, 0.6) is 5.75 Å². The van der Waals surface area contributed by atoms with E-state index < -0.39 is 11.6 Å². The summed E-state index contributed by atoms with van der Waals surface area (Å²) in [6.07, 6.45) is 3.78. The van der Waals surface area contributed by atoms with Crippen LogP contribution < -0.4 is 21.9 Å². The molecule has 0 saturated heterocycles. The zero-order chi connectivity index (χ0) is 40.4. The summed E-state index contributed by atoms with van der Waals surface area (Å²) >= 11 is 0. The van der Waals surface area contributed by atoms with E-state index in [1.54, 1.807) is 41.8 Å². The molecule has 290 valence electrons. The minimum Gasteiger partial charge on any atom is -0.496 e. The van der Waals surface area contributed by atoms with E-state index in [1.807, 2.05) is 81.2 Å². The number of carbonyl (C=O) groups excluding carboxylic acids is 2. The van der Waals surface area contributed by atoms with Gasteiger partial charge in [-0.3, -0.25) is 4.79 Å². The van der Waals surface area contributed by atoms with Gasteiger partial charge in [0.2, 0.25) is 0 Å². The fraction of sp³-hybridized carbons (Fsp3) is 0.237. The van der Waals surface area contributed by atoms with Gasteiger partial charge >= 0.3 is 11.9 Å². The van der Waals surface area contributed by atoms with Crippen LogP contribution in [0.4, 0.5) is 0 Å². The van der Waals surface area contributed by atoms with Crippen LogP contribution in [0.25, 0.3) is 32.7 Å². The van der Waals surface area contributed by atoms with Crippen molar-refractivity contribution in [1.82, 2.24) is 14.1 Å². The van der Waals surface area contributed by atoms with Gasteiger partial charge in [-0.05, 0) is 88.4 Å². The number of carbonyl (C=O) groups is 2. The Kier molecular flexibility index (Phi) is 13.0. The lowest BCUT2D eigenvalue weighted by Gasteiger charge is -2.19. The Morgan fingerprint density at radius 3 is 1.93 bits per heavy atom. The lowest BCUT2D eigenvalue weighted by Crippen LogP contribution is -2.26. The standard InChI is InChI=1S/C15H19N3O3.C13H15N3O4.C10H11N3O/c1-15(2,3)21-13(19)9-18-7-6-10-8-11(14(16)17-20)4-5-12(10)18;1-3-20-13(17)10-5-7-4-8(12(14)16-18)11(19-2)6-9(7)15-10;1-13-5-4-7-6-8(10(11)12-14)2-3-9(7)13/h4-8,20H,9H2,1-3H3,(H2,16,17);4-6,15,18H,3H2,1-2H3,(H2,14,16);2-6,14H,1H3,(H2,11,12). The molecule has 6 aromatic rings. The van der Waals surface area contributed by atoms with Crippen molar-refractivity contribution in [2.24, 2.45) is 39.7 Å². The van der Waals surface area contributed by atoms with E-state index in [9.17, 15) is 9.59 Å². The lowest BCUT2D eigenvalue weighted by atomic mass is 10.1. The van der Waals surface area contributed by atoms with Crippen LogP contribution in [0.3, 0.4) is 0 Å². The molecule has 0 aliphatic heterocycles. The average molecular weight is 756 g/mol. The summed E-state index contributed by atoms with van der Waals surface area (Å²) in [5, 5.41) is 37.6. The maximum Gasteiger partial charge on any atom is 0.354 e. The number of H-pyrrole nitrogens is 1. The molecule has 0 amide bonds. The number of oxime groups is 3. The molecule has 6 rings (SSSR count). The number of benzene rings is 3. The molecular weight excluding hydrogens is 710 g/mol. The van der Waals surface area contributed by atoms with Crippen LogP contribution in [-0.4, -0.2) is 78.5 Å². The smallest absolute Gasteiger partial charge is 0.354 e. The quantitative estimate of drug-likeness (QED) is 0.0365. The molecule has 17 nitrogen and oxygen atoms in total. The van der Waals surface area contributed by atoms with Crippen molar-refractivity contribution in [3.05, 3.63) is 102 Å². The van der Waals surface area contributed by atoms with E-state index in [2.05, 4.69) is 20.5 Å². The number of hydrogen-bond donors (Lipinski definition) is 7. The Morgan fingerprint density at radius 2 is 1.36 bits per heavy atom. The number of esters is 2. The highest BCUT2D eigenvalue weighted by Crippen LogP contribution is 2.27. The number of nitrogens with zero attached hydrogens (tertiary/aromatic N) is 5. The van der Waals surface area contributed by atoms with Gasteiger partial charge in [-0.2, -0.15) is 0 Å². The van der Waals surface area contributed by atoms with E-state index in [-0.39, 0.29) is 30.0 Å². The summed E-state index contributed by atoms with van der Waals surface area (Å²) in [7, 11) is 3.45. The molecular formula is C38H45N9O8. The molecule has 10 N–H and O–H groups in total. The predicted molar refractivity (Wildman–Crippen MR) is 209 cm³/mol. The Labute approximate surface area is 315 Å². The van der Waals surface area contributed by atoms with E-state index in [0.29, 0.717) is 34.7 Å². The highest BCUT2D eigenvalue weighted by Gasteiger charge is 2.18. The molecule has 3 aromatic carbocycles. The zero-order valence-corrected chi connectivity index (χ0v) is 31.3. The number of nitrogens with one attached hydrogen (secondary N) is 1. The Bertz CT molecular complexity index is 2400. The summed E-state index contributed by atoms with van der Waals surface area (Å²) in [5.74, 6) is -0.172. The van der Waals surface area contributed by atoms with Crippen molar-refractivity contribution in [2.45, 2.75) is 39.8 Å². The first-order valence-electron chi connectivity index (χ1n) is 16.8. The number of aromatic amines is 1. The monoisotopic (exact) mass is 755 g/mol. The molecule has 0 atom stereocenters. The molecule has 3 heterocycles. The van der Waals surface area contributed by atoms with E-state index in [1.165, 1.54) is 7.11 Å². The third-order valence-electron chi connectivity index (χ3n) is 8.00. The van der Waals surface area contributed by atoms with Gasteiger partial charge in [0.15, 0.2) is 17.5 Å². The highest BCUT2D eigenvalue weighted by atomic mass is 16.6. The molecule has 0 spiro atoms. The van der Waals surface area contributed by atoms with E-state index in [4.69, 9.17) is 47.0 Å². The summed E-state index contributed by atoms with van der Waals surface area (Å²) in [4.78, 5) is 26.5. The maximum absolute atomic E-state index is 11.9. The summed E-state index contributed by atoms with van der Waals surface area (Å²) < 4.78 is 19.2. The second-order valence-corrected chi connectivity index (χ2v) is 13.0. The van der Waals surface area contributed by atoms with Gasteiger partial charge in [0.1, 0.15) is 23.6 Å². The molecule has 0 aliphatic rings. The van der Waals surface area contributed by atoms with Crippen LogP contribution in [-0.2, 0) is 27.9 Å². The van der Waals surface area contributed by atoms with Gasteiger partial charge < -0.3 is 61.2 Å². The normalized spacial score (nSPS) is 12.1.